The predicted molar refractivity (Wildman–Crippen MR) is 64.1 cm³/mol. The molecule has 0 rings (SSSR count). The van der Waals surface area contributed by atoms with E-state index in [1.807, 2.05) is 0 Å². The summed E-state index contributed by atoms with van der Waals surface area (Å²) in [7, 11) is 0. The molecule has 0 aromatic carbocycles. The van der Waals surface area contributed by atoms with Gasteiger partial charge in [0.25, 0.3) is 0 Å². The van der Waals surface area contributed by atoms with E-state index >= 15 is 0 Å². The lowest BCUT2D eigenvalue weighted by Gasteiger charge is -2.28. The largest absolute Gasteiger partial charge is 0.481 e. The third-order valence-electron chi connectivity index (χ3n) is 2.29. The van der Waals surface area contributed by atoms with Crippen molar-refractivity contribution in [3.05, 3.63) is 0 Å². The maximum absolute atomic E-state index is 11.9. The zero-order chi connectivity index (χ0) is 13.6. The van der Waals surface area contributed by atoms with Crippen LogP contribution in [-0.2, 0) is 14.4 Å². The van der Waals surface area contributed by atoms with Crippen LogP contribution in [0.15, 0.2) is 0 Å². The number of carbonyl (C=O) groups is 3. The molecule has 17 heavy (non-hydrogen) atoms. The first-order valence-electron chi connectivity index (χ1n) is 5.14. The van der Waals surface area contributed by atoms with Crippen LogP contribution in [0.4, 0.5) is 0 Å². The molecule has 2 N–H and O–H groups in total. The van der Waals surface area contributed by atoms with E-state index in [-0.39, 0.29) is 12.2 Å². The number of nitrogens with zero attached hydrogens (tertiary/aromatic N) is 1. The van der Waals surface area contributed by atoms with Crippen LogP contribution in [0.2, 0.25) is 0 Å². The van der Waals surface area contributed by atoms with Gasteiger partial charge in [-0.1, -0.05) is 6.92 Å². The summed E-state index contributed by atoms with van der Waals surface area (Å²) in [6.07, 6.45) is -0.279. The highest BCUT2D eigenvalue weighted by atomic mass is 32.1. The molecule has 0 radical (unpaired) electrons. The van der Waals surface area contributed by atoms with E-state index in [1.165, 1.54) is 6.92 Å². The molecule has 6 nitrogen and oxygen atoms in total. The molecule has 0 aromatic rings. The standard InChI is InChI=1S/C10H17NO5S/c1-6(5-17)10(16)11(4-9(14)15)7(2)3-8(12)13/h6-7,17H,3-5H2,1-2H3,(H,12,13)(H,14,15)/t6-,7-/m1/s1. The topological polar surface area (TPSA) is 94.9 Å². The third kappa shape index (κ3) is 5.58. The van der Waals surface area contributed by atoms with Gasteiger partial charge in [0.1, 0.15) is 6.54 Å². The predicted octanol–water partition coefficient (Wildman–Crippen LogP) is 0.329. The van der Waals surface area contributed by atoms with Crippen LogP contribution in [-0.4, -0.2) is 51.3 Å². The molecule has 2 atom stereocenters. The van der Waals surface area contributed by atoms with E-state index in [9.17, 15) is 14.4 Å². The zero-order valence-electron chi connectivity index (χ0n) is 9.79. The monoisotopic (exact) mass is 263 g/mol. The van der Waals surface area contributed by atoms with Gasteiger partial charge in [-0.15, -0.1) is 0 Å². The number of carboxylic acid groups (broad SMARTS) is 2. The second-order valence-electron chi connectivity index (χ2n) is 3.89. The van der Waals surface area contributed by atoms with Gasteiger partial charge < -0.3 is 15.1 Å². The summed E-state index contributed by atoms with van der Waals surface area (Å²) >= 11 is 3.97. The van der Waals surface area contributed by atoms with Crippen molar-refractivity contribution in [3.63, 3.8) is 0 Å². The van der Waals surface area contributed by atoms with Crippen molar-refractivity contribution in [2.75, 3.05) is 12.3 Å². The van der Waals surface area contributed by atoms with E-state index in [4.69, 9.17) is 10.2 Å². The molecule has 0 fully saturated rings. The molecule has 0 unspecified atom stereocenters. The molecular formula is C10H17NO5S. The van der Waals surface area contributed by atoms with Gasteiger partial charge >= 0.3 is 11.9 Å². The average Bonchev–Trinajstić information content (AvgIpc) is 2.22. The van der Waals surface area contributed by atoms with Crippen LogP contribution in [0.3, 0.4) is 0 Å². The third-order valence-corrected chi connectivity index (χ3v) is 2.83. The summed E-state index contributed by atoms with van der Waals surface area (Å²) in [5.41, 5.74) is 0. The van der Waals surface area contributed by atoms with Crippen molar-refractivity contribution < 1.29 is 24.6 Å². The first kappa shape index (κ1) is 15.8. The zero-order valence-corrected chi connectivity index (χ0v) is 10.7. The van der Waals surface area contributed by atoms with Gasteiger partial charge in [0.15, 0.2) is 0 Å². The quantitative estimate of drug-likeness (QED) is 0.575. The van der Waals surface area contributed by atoms with Crippen LogP contribution in [0.25, 0.3) is 0 Å². The Kier molecular flexibility index (Phi) is 6.64. The van der Waals surface area contributed by atoms with Crippen molar-refractivity contribution in [2.45, 2.75) is 26.3 Å². The molecule has 0 saturated carbocycles. The molecule has 0 aliphatic rings. The lowest BCUT2D eigenvalue weighted by molar-refractivity contribution is -0.149. The van der Waals surface area contributed by atoms with Gasteiger partial charge in [0.2, 0.25) is 5.91 Å². The van der Waals surface area contributed by atoms with Gasteiger partial charge in [-0.05, 0) is 6.92 Å². The van der Waals surface area contributed by atoms with Crippen molar-refractivity contribution in [3.8, 4) is 0 Å². The highest BCUT2D eigenvalue weighted by molar-refractivity contribution is 7.80. The Hall–Kier alpha value is -1.24. The minimum Gasteiger partial charge on any atom is -0.481 e. The molecule has 0 spiro atoms. The smallest absolute Gasteiger partial charge is 0.323 e. The molecule has 0 aromatic heterocycles. The number of aliphatic carboxylic acids is 2. The lowest BCUT2D eigenvalue weighted by Crippen LogP contribution is -2.45. The molecule has 0 aliphatic carbocycles. The second-order valence-corrected chi connectivity index (χ2v) is 4.26. The number of rotatable bonds is 7. The van der Waals surface area contributed by atoms with E-state index in [1.54, 1.807) is 6.92 Å². The molecule has 0 saturated heterocycles. The normalized spacial score (nSPS) is 13.8. The first-order chi connectivity index (χ1) is 7.79. The highest BCUT2D eigenvalue weighted by Gasteiger charge is 2.27. The Morgan fingerprint density at radius 3 is 2.06 bits per heavy atom. The Balaban J connectivity index is 4.79. The maximum Gasteiger partial charge on any atom is 0.323 e. The van der Waals surface area contributed by atoms with Crippen LogP contribution >= 0.6 is 12.6 Å². The van der Waals surface area contributed by atoms with Crippen molar-refractivity contribution in [1.29, 1.82) is 0 Å². The molecule has 7 heteroatoms. The molecule has 98 valence electrons. The fraction of sp³-hybridized carbons (Fsp3) is 0.700. The Bertz CT molecular complexity index is 307. The summed E-state index contributed by atoms with van der Waals surface area (Å²) < 4.78 is 0. The number of carboxylic acids is 2. The maximum atomic E-state index is 11.9. The number of hydrogen-bond acceptors (Lipinski definition) is 4. The minimum atomic E-state index is -1.16. The lowest BCUT2D eigenvalue weighted by atomic mass is 10.1. The molecular weight excluding hydrogens is 246 g/mol. The summed E-state index contributed by atoms with van der Waals surface area (Å²) in [5, 5.41) is 17.4. The van der Waals surface area contributed by atoms with E-state index < -0.39 is 36.4 Å². The van der Waals surface area contributed by atoms with Gasteiger partial charge in [-0.2, -0.15) is 12.6 Å². The SMILES string of the molecule is C[C@H](CS)C(=O)N(CC(=O)O)[C@H](C)CC(=O)O. The minimum absolute atomic E-state index is 0.279. The van der Waals surface area contributed by atoms with E-state index in [0.717, 1.165) is 4.90 Å². The van der Waals surface area contributed by atoms with E-state index in [2.05, 4.69) is 12.6 Å². The average molecular weight is 263 g/mol. The van der Waals surface area contributed by atoms with Crippen LogP contribution in [0, 0.1) is 5.92 Å². The number of amides is 1. The Labute approximate surface area is 105 Å². The molecule has 0 bridgehead atoms. The van der Waals surface area contributed by atoms with Gasteiger partial charge in [-0.25, -0.2) is 0 Å². The number of thiol groups is 1. The Morgan fingerprint density at radius 2 is 1.71 bits per heavy atom. The van der Waals surface area contributed by atoms with Crippen molar-refractivity contribution in [1.82, 2.24) is 4.90 Å². The highest BCUT2D eigenvalue weighted by Crippen LogP contribution is 2.11. The van der Waals surface area contributed by atoms with E-state index in [0.29, 0.717) is 0 Å². The molecule has 0 aliphatic heterocycles. The number of hydrogen-bond donors (Lipinski definition) is 3. The first-order valence-corrected chi connectivity index (χ1v) is 5.77. The summed E-state index contributed by atoms with van der Waals surface area (Å²) in [4.78, 5) is 34.1. The van der Waals surface area contributed by atoms with Gasteiger partial charge in [-0.3, -0.25) is 14.4 Å². The van der Waals surface area contributed by atoms with Crippen molar-refractivity contribution in [2.24, 2.45) is 5.92 Å². The van der Waals surface area contributed by atoms with Gasteiger partial charge in [0.05, 0.1) is 6.42 Å². The van der Waals surface area contributed by atoms with Crippen LogP contribution in [0.1, 0.15) is 20.3 Å². The second kappa shape index (κ2) is 7.16. The molecule has 0 heterocycles. The summed E-state index contributed by atoms with van der Waals surface area (Å²) in [5.74, 6) is -2.78. The fourth-order valence-corrected chi connectivity index (χ4v) is 1.48. The van der Waals surface area contributed by atoms with Crippen molar-refractivity contribution >= 4 is 30.5 Å². The Morgan fingerprint density at radius 1 is 1.18 bits per heavy atom. The summed E-state index contributed by atoms with van der Waals surface area (Å²) in [6.45, 7) is 2.64. The van der Waals surface area contributed by atoms with Gasteiger partial charge in [0, 0.05) is 17.7 Å². The van der Waals surface area contributed by atoms with Crippen LogP contribution in [0.5, 0.6) is 0 Å². The number of carbonyl (C=O) groups excluding carboxylic acids is 1. The fourth-order valence-electron chi connectivity index (χ4n) is 1.32. The molecule has 1 amide bonds. The summed E-state index contributed by atoms with van der Waals surface area (Å²) in [6, 6.07) is -0.654. The van der Waals surface area contributed by atoms with Crippen LogP contribution < -0.4 is 0 Å².